The Balaban J connectivity index is 0.00000324. The van der Waals surface area contributed by atoms with Gasteiger partial charge in [0.05, 0.1) is 0 Å². The van der Waals surface area contributed by atoms with E-state index in [0.717, 1.165) is 24.8 Å². The highest BCUT2D eigenvalue weighted by Gasteiger charge is 2.16. The number of aliphatic imine (C=N–C) groups is 1. The molecule has 1 rings (SSSR count). The van der Waals surface area contributed by atoms with Gasteiger partial charge >= 0.3 is 0 Å². The SMILES string of the molecule is CCC(C)NC(=NC)NCCC1CCN(C)CC1.I. The van der Waals surface area contributed by atoms with Crippen molar-refractivity contribution < 1.29 is 0 Å². The minimum absolute atomic E-state index is 0. The van der Waals surface area contributed by atoms with Crippen molar-refractivity contribution in [2.75, 3.05) is 33.7 Å². The summed E-state index contributed by atoms with van der Waals surface area (Å²) in [6.07, 6.45) is 5.07. The number of likely N-dealkylation sites (tertiary alicyclic amines) is 1. The Hall–Kier alpha value is -0.0400. The Bertz CT molecular complexity index is 250. The standard InChI is InChI=1S/C14H30N4.HI/c1-5-12(2)17-14(15-3)16-9-6-13-7-10-18(4)11-8-13;/h12-13H,5-11H2,1-4H3,(H2,15,16,17);1H. The molecule has 1 aliphatic rings. The maximum absolute atomic E-state index is 4.26. The number of guanidine groups is 1. The Morgan fingerprint density at radius 2 is 2.00 bits per heavy atom. The van der Waals surface area contributed by atoms with Gasteiger partial charge in [0.15, 0.2) is 5.96 Å². The molecular weight excluding hydrogens is 351 g/mol. The van der Waals surface area contributed by atoms with E-state index in [-0.39, 0.29) is 24.0 Å². The summed E-state index contributed by atoms with van der Waals surface area (Å²) in [5.74, 6) is 1.83. The van der Waals surface area contributed by atoms with Crippen molar-refractivity contribution in [3.63, 3.8) is 0 Å². The number of rotatable bonds is 5. The van der Waals surface area contributed by atoms with E-state index in [0.29, 0.717) is 6.04 Å². The van der Waals surface area contributed by atoms with Crippen molar-refractivity contribution >= 4 is 29.9 Å². The molecule has 2 N–H and O–H groups in total. The Morgan fingerprint density at radius 1 is 1.37 bits per heavy atom. The van der Waals surface area contributed by atoms with Crippen LogP contribution in [0.4, 0.5) is 0 Å². The summed E-state index contributed by atoms with van der Waals surface area (Å²) < 4.78 is 0. The molecule has 0 aromatic carbocycles. The lowest BCUT2D eigenvalue weighted by Gasteiger charge is -2.29. The summed E-state index contributed by atoms with van der Waals surface area (Å²) >= 11 is 0. The van der Waals surface area contributed by atoms with Gasteiger partial charge in [0, 0.05) is 19.6 Å². The van der Waals surface area contributed by atoms with Gasteiger partial charge in [-0.1, -0.05) is 6.92 Å². The minimum atomic E-state index is 0. The normalized spacial score (nSPS) is 19.7. The fourth-order valence-corrected chi connectivity index (χ4v) is 2.28. The predicted octanol–water partition coefficient (Wildman–Crippen LogP) is 2.30. The molecule has 1 heterocycles. The zero-order valence-electron chi connectivity index (χ0n) is 12.9. The number of nitrogens with one attached hydrogen (secondary N) is 2. The first-order chi connectivity index (χ1) is 8.65. The lowest BCUT2D eigenvalue weighted by molar-refractivity contribution is 0.213. The number of halogens is 1. The van der Waals surface area contributed by atoms with Gasteiger partial charge in [-0.15, -0.1) is 24.0 Å². The van der Waals surface area contributed by atoms with E-state index in [4.69, 9.17) is 0 Å². The van der Waals surface area contributed by atoms with Crippen LogP contribution in [-0.4, -0.2) is 50.6 Å². The third kappa shape index (κ3) is 7.97. The van der Waals surface area contributed by atoms with Crippen LogP contribution in [0.25, 0.3) is 0 Å². The highest BCUT2D eigenvalue weighted by Crippen LogP contribution is 2.18. The summed E-state index contributed by atoms with van der Waals surface area (Å²) in [6.45, 7) is 7.91. The molecule has 0 bridgehead atoms. The Labute approximate surface area is 135 Å². The van der Waals surface area contributed by atoms with E-state index >= 15 is 0 Å². The van der Waals surface area contributed by atoms with Crippen LogP contribution in [0.1, 0.15) is 39.5 Å². The van der Waals surface area contributed by atoms with Gasteiger partial charge < -0.3 is 15.5 Å². The fraction of sp³-hybridized carbons (Fsp3) is 0.929. The Kier molecular flexibility index (Phi) is 10.7. The smallest absolute Gasteiger partial charge is 0.191 e. The molecule has 114 valence electrons. The molecule has 0 aromatic rings. The highest BCUT2D eigenvalue weighted by atomic mass is 127. The monoisotopic (exact) mass is 382 g/mol. The summed E-state index contributed by atoms with van der Waals surface area (Å²) in [7, 11) is 4.06. The largest absolute Gasteiger partial charge is 0.356 e. The van der Waals surface area contributed by atoms with Gasteiger partial charge in [-0.05, 0) is 58.7 Å². The maximum Gasteiger partial charge on any atom is 0.191 e. The van der Waals surface area contributed by atoms with Crippen LogP contribution >= 0.6 is 24.0 Å². The summed E-state index contributed by atoms with van der Waals surface area (Å²) in [5.41, 5.74) is 0. The third-order valence-electron chi connectivity index (χ3n) is 3.90. The average Bonchev–Trinajstić information content (AvgIpc) is 2.39. The molecule has 0 aromatic heterocycles. The molecule has 1 unspecified atom stereocenters. The highest BCUT2D eigenvalue weighted by molar-refractivity contribution is 14.0. The first kappa shape index (κ1) is 19.0. The van der Waals surface area contributed by atoms with Gasteiger partial charge in [0.1, 0.15) is 0 Å². The van der Waals surface area contributed by atoms with Crippen LogP contribution in [0.15, 0.2) is 4.99 Å². The first-order valence-corrected chi connectivity index (χ1v) is 7.31. The summed E-state index contributed by atoms with van der Waals surface area (Å²) in [4.78, 5) is 6.68. The summed E-state index contributed by atoms with van der Waals surface area (Å²) in [6, 6.07) is 0.486. The number of piperidine rings is 1. The summed E-state index contributed by atoms with van der Waals surface area (Å²) in [5, 5.41) is 6.81. The van der Waals surface area contributed by atoms with Gasteiger partial charge in [-0.3, -0.25) is 4.99 Å². The van der Waals surface area contributed by atoms with Crippen molar-refractivity contribution in [3.05, 3.63) is 0 Å². The molecule has 1 saturated heterocycles. The molecule has 0 amide bonds. The molecule has 0 spiro atoms. The molecule has 0 radical (unpaired) electrons. The van der Waals surface area contributed by atoms with Crippen molar-refractivity contribution in [2.24, 2.45) is 10.9 Å². The van der Waals surface area contributed by atoms with Crippen molar-refractivity contribution in [3.8, 4) is 0 Å². The molecule has 5 heteroatoms. The first-order valence-electron chi connectivity index (χ1n) is 7.31. The van der Waals surface area contributed by atoms with E-state index < -0.39 is 0 Å². The second-order valence-corrected chi connectivity index (χ2v) is 5.49. The molecule has 0 aliphatic carbocycles. The predicted molar refractivity (Wildman–Crippen MR) is 94.5 cm³/mol. The lowest BCUT2D eigenvalue weighted by atomic mass is 9.94. The van der Waals surface area contributed by atoms with Gasteiger partial charge in [-0.2, -0.15) is 0 Å². The van der Waals surface area contributed by atoms with Crippen LogP contribution in [0.2, 0.25) is 0 Å². The fourth-order valence-electron chi connectivity index (χ4n) is 2.28. The zero-order chi connectivity index (χ0) is 13.4. The van der Waals surface area contributed by atoms with Crippen LogP contribution in [-0.2, 0) is 0 Å². The van der Waals surface area contributed by atoms with Crippen LogP contribution < -0.4 is 10.6 Å². The van der Waals surface area contributed by atoms with Gasteiger partial charge in [0.2, 0.25) is 0 Å². The van der Waals surface area contributed by atoms with Crippen LogP contribution in [0.3, 0.4) is 0 Å². The van der Waals surface area contributed by atoms with Crippen molar-refractivity contribution in [1.29, 1.82) is 0 Å². The number of hydrogen-bond acceptors (Lipinski definition) is 2. The van der Waals surface area contributed by atoms with Gasteiger partial charge in [0.25, 0.3) is 0 Å². The van der Waals surface area contributed by atoms with Crippen molar-refractivity contribution in [2.45, 2.75) is 45.6 Å². The minimum Gasteiger partial charge on any atom is -0.356 e. The average molecular weight is 382 g/mol. The molecule has 1 aliphatic heterocycles. The van der Waals surface area contributed by atoms with Gasteiger partial charge in [-0.25, -0.2) is 0 Å². The third-order valence-corrected chi connectivity index (χ3v) is 3.90. The number of nitrogens with zero attached hydrogens (tertiary/aromatic N) is 2. The number of hydrogen-bond donors (Lipinski definition) is 2. The van der Waals surface area contributed by atoms with Crippen molar-refractivity contribution in [1.82, 2.24) is 15.5 Å². The topological polar surface area (TPSA) is 39.7 Å². The lowest BCUT2D eigenvalue weighted by Crippen LogP contribution is -2.42. The van der Waals surface area contributed by atoms with E-state index in [1.165, 1.54) is 32.4 Å². The molecule has 1 fully saturated rings. The Morgan fingerprint density at radius 3 is 2.53 bits per heavy atom. The molecule has 1 atom stereocenters. The second kappa shape index (κ2) is 10.7. The quantitative estimate of drug-likeness (QED) is 0.436. The maximum atomic E-state index is 4.26. The molecule has 0 saturated carbocycles. The van der Waals surface area contributed by atoms with E-state index in [1.807, 2.05) is 7.05 Å². The van der Waals surface area contributed by atoms with E-state index in [2.05, 4.69) is 41.4 Å². The molecule has 19 heavy (non-hydrogen) atoms. The second-order valence-electron chi connectivity index (χ2n) is 5.49. The van der Waals surface area contributed by atoms with Crippen LogP contribution in [0, 0.1) is 5.92 Å². The molecular formula is C14H31IN4. The zero-order valence-corrected chi connectivity index (χ0v) is 15.2. The van der Waals surface area contributed by atoms with E-state index in [9.17, 15) is 0 Å². The molecule has 4 nitrogen and oxygen atoms in total. The van der Waals surface area contributed by atoms with E-state index in [1.54, 1.807) is 0 Å². The van der Waals surface area contributed by atoms with Crippen LogP contribution in [0.5, 0.6) is 0 Å².